The summed E-state index contributed by atoms with van der Waals surface area (Å²) in [5.41, 5.74) is 0. The average Bonchev–Trinajstić information content (AvgIpc) is 2.39. The molecule has 2 unspecified atom stereocenters. The molecule has 2 aliphatic rings. The maximum atomic E-state index is 9.32. The lowest BCUT2D eigenvalue weighted by Gasteiger charge is -1.95. The molecule has 2 aliphatic carbocycles. The minimum atomic E-state index is 0.0155. The first-order valence-corrected chi connectivity index (χ1v) is 4.03. The molecule has 1 fully saturated rings. The van der Waals surface area contributed by atoms with Crippen molar-refractivity contribution in [2.24, 2.45) is 11.8 Å². The van der Waals surface area contributed by atoms with Crippen LogP contribution in [-0.2, 0) is 0 Å². The van der Waals surface area contributed by atoms with Crippen LogP contribution in [0.3, 0.4) is 0 Å². The molecule has 0 saturated heterocycles. The van der Waals surface area contributed by atoms with E-state index < -0.39 is 0 Å². The molecule has 1 heteroatoms. The van der Waals surface area contributed by atoms with Crippen molar-refractivity contribution in [3.63, 3.8) is 0 Å². The zero-order chi connectivity index (χ0) is 6.97. The number of aliphatic hydroxyl groups excluding tert-OH is 1. The number of fused-ring (bicyclic) bond motifs is 1. The largest absolute Gasteiger partial charge is 0.393 e. The van der Waals surface area contributed by atoms with Crippen LogP contribution in [0.15, 0.2) is 0 Å². The van der Waals surface area contributed by atoms with Gasteiger partial charge in [-0.2, -0.15) is 0 Å². The fourth-order valence-corrected chi connectivity index (χ4v) is 1.85. The predicted octanol–water partition coefficient (Wildman–Crippen LogP) is 1.17. The fourth-order valence-electron chi connectivity index (χ4n) is 1.85. The Morgan fingerprint density at radius 2 is 1.50 bits per heavy atom. The summed E-state index contributed by atoms with van der Waals surface area (Å²) in [4.78, 5) is 0. The van der Waals surface area contributed by atoms with Crippen molar-refractivity contribution in [3.05, 3.63) is 0 Å². The summed E-state index contributed by atoms with van der Waals surface area (Å²) < 4.78 is 0. The van der Waals surface area contributed by atoms with Gasteiger partial charge in [-0.05, 0) is 24.7 Å². The molecule has 10 heavy (non-hydrogen) atoms. The van der Waals surface area contributed by atoms with Crippen molar-refractivity contribution >= 4 is 0 Å². The van der Waals surface area contributed by atoms with Crippen molar-refractivity contribution in [1.29, 1.82) is 0 Å². The smallest absolute Gasteiger partial charge is 0.0604 e. The molecule has 0 aromatic heterocycles. The van der Waals surface area contributed by atoms with E-state index >= 15 is 0 Å². The molecule has 0 spiro atoms. The Bertz CT molecular complexity index is 169. The van der Waals surface area contributed by atoms with Gasteiger partial charge in [0.15, 0.2) is 0 Å². The van der Waals surface area contributed by atoms with E-state index in [1.807, 2.05) is 0 Å². The summed E-state index contributed by atoms with van der Waals surface area (Å²) >= 11 is 0. The summed E-state index contributed by atoms with van der Waals surface area (Å²) in [5.74, 6) is 7.42. The maximum absolute atomic E-state index is 9.32. The van der Waals surface area contributed by atoms with Crippen LogP contribution in [0.2, 0.25) is 0 Å². The number of hydrogen-bond donors (Lipinski definition) is 1. The molecular weight excluding hydrogens is 124 g/mol. The van der Waals surface area contributed by atoms with Crippen LogP contribution in [0.4, 0.5) is 0 Å². The second kappa shape index (κ2) is 2.29. The highest BCUT2D eigenvalue weighted by molar-refractivity contribution is 5.07. The van der Waals surface area contributed by atoms with E-state index in [1.165, 1.54) is 0 Å². The van der Waals surface area contributed by atoms with E-state index in [2.05, 4.69) is 11.8 Å². The average molecular weight is 136 g/mol. The van der Waals surface area contributed by atoms with Crippen molar-refractivity contribution in [1.82, 2.24) is 0 Å². The Balaban J connectivity index is 1.97. The number of aliphatic hydroxyl groups is 1. The maximum Gasteiger partial charge on any atom is 0.0604 e. The molecule has 0 aromatic carbocycles. The second-order valence-corrected chi connectivity index (χ2v) is 3.25. The lowest BCUT2D eigenvalue weighted by molar-refractivity contribution is 0.244. The van der Waals surface area contributed by atoms with Gasteiger partial charge in [-0.1, -0.05) is 0 Å². The molecule has 0 bridgehead atoms. The monoisotopic (exact) mass is 136 g/mol. The van der Waals surface area contributed by atoms with Crippen molar-refractivity contribution in [2.75, 3.05) is 0 Å². The van der Waals surface area contributed by atoms with Gasteiger partial charge in [-0.3, -0.25) is 0 Å². The molecule has 0 aromatic rings. The van der Waals surface area contributed by atoms with Crippen LogP contribution in [0.5, 0.6) is 0 Å². The highest BCUT2D eigenvalue weighted by Crippen LogP contribution is 2.45. The van der Waals surface area contributed by atoms with Crippen molar-refractivity contribution in [2.45, 2.75) is 31.8 Å². The molecule has 0 radical (unpaired) electrons. The van der Waals surface area contributed by atoms with Crippen LogP contribution in [0, 0.1) is 23.7 Å². The normalized spacial score (nSPS) is 43.9. The van der Waals surface area contributed by atoms with Crippen molar-refractivity contribution < 1.29 is 5.11 Å². The van der Waals surface area contributed by atoms with Gasteiger partial charge in [-0.15, -0.1) is 11.8 Å². The third-order valence-corrected chi connectivity index (χ3v) is 2.62. The summed E-state index contributed by atoms with van der Waals surface area (Å²) in [7, 11) is 0. The first kappa shape index (κ1) is 6.24. The molecule has 1 N–H and O–H groups in total. The van der Waals surface area contributed by atoms with E-state index in [4.69, 9.17) is 0 Å². The minimum Gasteiger partial charge on any atom is -0.393 e. The summed E-state index contributed by atoms with van der Waals surface area (Å²) in [6.45, 7) is 0. The molecule has 1 saturated carbocycles. The summed E-state index contributed by atoms with van der Waals surface area (Å²) in [5, 5.41) is 9.32. The lowest BCUT2D eigenvalue weighted by atomic mass is 10.1. The second-order valence-electron chi connectivity index (χ2n) is 3.25. The van der Waals surface area contributed by atoms with Crippen molar-refractivity contribution in [3.8, 4) is 11.8 Å². The Hall–Kier alpha value is -0.480. The molecule has 0 amide bonds. The van der Waals surface area contributed by atoms with E-state index in [-0.39, 0.29) is 6.10 Å². The predicted molar refractivity (Wildman–Crippen MR) is 39.2 cm³/mol. The van der Waals surface area contributed by atoms with Gasteiger partial charge in [0.25, 0.3) is 0 Å². The number of rotatable bonds is 0. The highest BCUT2D eigenvalue weighted by Gasteiger charge is 2.47. The van der Waals surface area contributed by atoms with Crippen LogP contribution >= 0.6 is 0 Å². The summed E-state index contributed by atoms with van der Waals surface area (Å²) in [6, 6.07) is 0. The number of hydrogen-bond acceptors (Lipinski definition) is 1. The van der Waals surface area contributed by atoms with Gasteiger partial charge in [0.05, 0.1) is 6.10 Å². The molecule has 2 atom stereocenters. The fraction of sp³-hybridized carbons (Fsp3) is 0.778. The summed E-state index contributed by atoms with van der Waals surface area (Å²) in [6.07, 6.45) is 4.26. The first-order chi connectivity index (χ1) is 4.89. The Morgan fingerprint density at radius 3 is 2.00 bits per heavy atom. The van der Waals surface area contributed by atoms with Crippen LogP contribution in [-0.4, -0.2) is 11.2 Å². The third-order valence-electron chi connectivity index (χ3n) is 2.62. The van der Waals surface area contributed by atoms with E-state index in [1.54, 1.807) is 0 Å². The van der Waals surface area contributed by atoms with Crippen LogP contribution in [0.25, 0.3) is 0 Å². The van der Waals surface area contributed by atoms with Gasteiger partial charge < -0.3 is 5.11 Å². The molecule has 1 nitrogen and oxygen atoms in total. The molecule has 54 valence electrons. The Kier molecular flexibility index (Phi) is 1.43. The minimum absolute atomic E-state index is 0.0155. The molecule has 2 rings (SSSR count). The molecule has 0 heterocycles. The van der Waals surface area contributed by atoms with Gasteiger partial charge >= 0.3 is 0 Å². The Labute approximate surface area is 61.4 Å². The standard InChI is InChI=1S/C9H12O/c10-9-7-5-3-1-2-4-6-8(7)9/h7-10H,3-6H2. The van der Waals surface area contributed by atoms with Crippen LogP contribution in [0.1, 0.15) is 25.7 Å². The van der Waals surface area contributed by atoms with Gasteiger partial charge in [0.2, 0.25) is 0 Å². The highest BCUT2D eigenvalue weighted by atomic mass is 16.3. The molecular formula is C9H12O. The van der Waals surface area contributed by atoms with E-state index in [9.17, 15) is 5.11 Å². The topological polar surface area (TPSA) is 20.2 Å². The zero-order valence-electron chi connectivity index (χ0n) is 6.01. The van der Waals surface area contributed by atoms with Gasteiger partial charge in [0, 0.05) is 12.8 Å². The third kappa shape index (κ3) is 0.932. The van der Waals surface area contributed by atoms with E-state index in [0.717, 1.165) is 25.7 Å². The van der Waals surface area contributed by atoms with E-state index in [0.29, 0.717) is 11.8 Å². The van der Waals surface area contributed by atoms with Gasteiger partial charge in [-0.25, -0.2) is 0 Å². The zero-order valence-corrected chi connectivity index (χ0v) is 6.01. The lowest BCUT2D eigenvalue weighted by Crippen LogP contribution is -1.85. The van der Waals surface area contributed by atoms with Crippen LogP contribution < -0.4 is 0 Å². The first-order valence-electron chi connectivity index (χ1n) is 4.03. The quantitative estimate of drug-likeness (QED) is 0.496. The Morgan fingerprint density at radius 1 is 1.00 bits per heavy atom. The molecule has 0 aliphatic heterocycles. The SMILES string of the molecule is OC1C2CCC#CCCC12. The van der Waals surface area contributed by atoms with Gasteiger partial charge in [0.1, 0.15) is 0 Å².